The number of nitrogens with one attached hydrogen (secondary N) is 1. The summed E-state index contributed by atoms with van der Waals surface area (Å²) in [5.74, 6) is 0.457. The van der Waals surface area contributed by atoms with Crippen LogP contribution in [0.4, 0.5) is 5.95 Å². The van der Waals surface area contributed by atoms with Gasteiger partial charge in [0.25, 0.3) is 0 Å². The van der Waals surface area contributed by atoms with Crippen LogP contribution in [-0.4, -0.2) is 9.97 Å². The minimum atomic E-state index is 0.457. The molecule has 1 heterocycles. The number of nitrogens with two attached hydrogens (primary N) is 1. The van der Waals surface area contributed by atoms with Crippen LogP contribution in [0.15, 0.2) is 18.7 Å². The second-order valence-electron chi connectivity index (χ2n) is 3.59. The highest BCUT2D eigenvalue weighted by Gasteiger charge is 2.05. The highest BCUT2D eigenvalue weighted by molar-refractivity contribution is 5.83. The fourth-order valence-electron chi connectivity index (χ4n) is 1.64. The van der Waals surface area contributed by atoms with E-state index < -0.39 is 0 Å². The summed E-state index contributed by atoms with van der Waals surface area (Å²) >= 11 is 0. The van der Waals surface area contributed by atoms with Crippen LogP contribution in [0.2, 0.25) is 0 Å². The topological polar surface area (TPSA) is 54.7 Å². The Labute approximate surface area is 82.7 Å². The Morgan fingerprint density at radius 2 is 2.21 bits per heavy atom. The molecule has 0 fully saturated rings. The Bertz CT molecular complexity index is 508. The Hall–Kier alpha value is -1.77. The zero-order valence-electron chi connectivity index (χ0n) is 8.39. The predicted octanol–water partition coefficient (Wildman–Crippen LogP) is 2.49. The number of benzene rings is 1. The van der Waals surface area contributed by atoms with Gasteiger partial charge in [0.05, 0.1) is 11.0 Å². The lowest BCUT2D eigenvalue weighted by atomic mass is 10.0. The summed E-state index contributed by atoms with van der Waals surface area (Å²) < 4.78 is 0. The molecule has 14 heavy (non-hydrogen) atoms. The smallest absolute Gasteiger partial charge is 0.198 e. The Morgan fingerprint density at radius 1 is 1.50 bits per heavy atom. The van der Waals surface area contributed by atoms with E-state index in [2.05, 4.69) is 23.5 Å². The van der Waals surface area contributed by atoms with Gasteiger partial charge in [-0.2, -0.15) is 0 Å². The minimum Gasteiger partial charge on any atom is -0.369 e. The van der Waals surface area contributed by atoms with E-state index in [4.69, 9.17) is 5.73 Å². The van der Waals surface area contributed by atoms with Gasteiger partial charge in [0, 0.05) is 0 Å². The second kappa shape index (κ2) is 2.87. The van der Waals surface area contributed by atoms with Crippen molar-refractivity contribution >= 4 is 22.6 Å². The lowest BCUT2D eigenvalue weighted by Crippen LogP contribution is -1.85. The molecule has 2 rings (SSSR count). The summed E-state index contributed by atoms with van der Waals surface area (Å²) in [4.78, 5) is 7.18. The molecule has 1 aromatic heterocycles. The zero-order valence-corrected chi connectivity index (χ0v) is 8.39. The van der Waals surface area contributed by atoms with Crippen LogP contribution in [0.5, 0.6) is 0 Å². The summed E-state index contributed by atoms with van der Waals surface area (Å²) in [5.41, 5.74) is 10.8. The van der Waals surface area contributed by atoms with E-state index in [1.165, 1.54) is 5.56 Å². The van der Waals surface area contributed by atoms with Crippen LogP contribution in [0.25, 0.3) is 16.6 Å². The number of aromatic amines is 1. The SMILES string of the molecule is C=C(C)c1cc2nc(N)[nH]c2cc1C. The van der Waals surface area contributed by atoms with Gasteiger partial charge in [-0.15, -0.1) is 0 Å². The molecule has 0 spiro atoms. The van der Waals surface area contributed by atoms with Crippen molar-refractivity contribution in [3.05, 3.63) is 29.8 Å². The monoisotopic (exact) mass is 187 g/mol. The molecule has 72 valence electrons. The summed E-state index contributed by atoms with van der Waals surface area (Å²) in [7, 11) is 0. The number of fused-ring (bicyclic) bond motifs is 1. The van der Waals surface area contributed by atoms with Crippen LogP contribution >= 0.6 is 0 Å². The maximum absolute atomic E-state index is 5.58. The molecular weight excluding hydrogens is 174 g/mol. The van der Waals surface area contributed by atoms with Gasteiger partial charge >= 0.3 is 0 Å². The molecule has 0 saturated heterocycles. The van der Waals surface area contributed by atoms with Crippen LogP contribution in [0.1, 0.15) is 18.1 Å². The van der Waals surface area contributed by atoms with Crippen molar-refractivity contribution in [2.45, 2.75) is 13.8 Å². The number of hydrogen-bond donors (Lipinski definition) is 2. The molecule has 0 aliphatic rings. The predicted molar refractivity (Wildman–Crippen MR) is 60.0 cm³/mol. The van der Waals surface area contributed by atoms with Crippen molar-refractivity contribution in [1.82, 2.24) is 9.97 Å². The van der Waals surface area contributed by atoms with E-state index in [0.29, 0.717) is 5.95 Å². The third kappa shape index (κ3) is 1.27. The van der Waals surface area contributed by atoms with Crippen LogP contribution in [-0.2, 0) is 0 Å². The van der Waals surface area contributed by atoms with Gasteiger partial charge in [-0.25, -0.2) is 4.98 Å². The molecule has 0 saturated carbocycles. The number of anilines is 1. The number of allylic oxidation sites excluding steroid dienone is 1. The quantitative estimate of drug-likeness (QED) is 0.720. The van der Waals surface area contributed by atoms with Crippen molar-refractivity contribution in [2.24, 2.45) is 0 Å². The first kappa shape index (κ1) is 8.81. The van der Waals surface area contributed by atoms with Crippen molar-refractivity contribution in [3.8, 4) is 0 Å². The van der Waals surface area contributed by atoms with Crippen molar-refractivity contribution in [2.75, 3.05) is 5.73 Å². The van der Waals surface area contributed by atoms with E-state index in [1.54, 1.807) is 0 Å². The van der Waals surface area contributed by atoms with Crippen LogP contribution in [0, 0.1) is 6.92 Å². The third-order valence-corrected chi connectivity index (χ3v) is 2.31. The Balaban J connectivity index is 2.76. The molecule has 2 aromatic rings. The number of nitrogens with zero attached hydrogens (tertiary/aromatic N) is 1. The van der Waals surface area contributed by atoms with Gasteiger partial charge in [-0.3, -0.25) is 0 Å². The first-order chi connectivity index (χ1) is 6.58. The normalized spacial score (nSPS) is 10.7. The van der Waals surface area contributed by atoms with Crippen LogP contribution in [0.3, 0.4) is 0 Å². The Morgan fingerprint density at radius 3 is 2.86 bits per heavy atom. The minimum absolute atomic E-state index is 0.457. The average Bonchev–Trinajstić information content (AvgIpc) is 2.42. The largest absolute Gasteiger partial charge is 0.369 e. The summed E-state index contributed by atoms with van der Waals surface area (Å²) in [6, 6.07) is 4.06. The number of hydrogen-bond acceptors (Lipinski definition) is 2. The fourth-order valence-corrected chi connectivity index (χ4v) is 1.64. The number of H-pyrrole nitrogens is 1. The average molecular weight is 187 g/mol. The molecule has 1 aromatic carbocycles. The van der Waals surface area contributed by atoms with E-state index in [-0.39, 0.29) is 0 Å². The van der Waals surface area contributed by atoms with Crippen LogP contribution < -0.4 is 5.73 Å². The maximum atomic E-state index is 5.58. The van der Waals surface area contributed by atoms with E-state index in [9.17, 15) is 0 Å². The number of nitrogen functional groups attached to an aromatic ring is 1. The third-order valence-electron chi connectivity index (χ3n) is 2.31. The molecular formula is C11H13N3. The zero-order chi connectivity index (χ0) is 10.3. The molecule has 3 nitrogen and oxygen atoms in total. The number of rotatable bonds is 1. The molecule has 0 unspecified atom stereocenters. The van der Waals surface area contributed by atoms with Gasteiger partial charge < -0.3 is 10.7 Å². The van der Waals surface area contributed by atoms with Gasteiger partial charge in [-0.1, -0.05) is 12.2 Å². The van der Waals surface area contributed by atoms with Crippen molar-refractivity contribution < 1.29 is 0 Å². The first-order valence-electron chi connectivity index (χ1n) is 4.49. The molecule has 0 atom stereocenters. The summed E-state index contributed by atoms with van der Waals surface area (Å²) in [6.07, 6.45) is 0. The molecule has 0 aliphatic heterocycles. The van der Waals surface area contributed by atoms with E-state index >= 15 is 0 Å². The Kier molecular flexibility index (Phi) is 1.81. The molecule has 0 radical (unpaired) electrons. The first-order valence-corrected chi connectivity index (χ1v) is 4.49. The van der Waals surface area contributed by atoms with Gasteiger partial charge in [0.1, 0.15) is 0 Å². The van der Waals surface area contributed by atoms with Crippen molar-refractivity contribution in [3.63, 3.8) is 0 Å². The van der Waals surface area contributed by atoms with Gasteiger partial charge in [0.15, 0.2) is 5.95 Å². The summed E-state index contributed by atoms with van der Waals surface area (Å²) in [6.45, 7) is 7.98. The van der Waals surface area contributed by atoms with Gasteiger partial charge in [-0.05, 0) is 37.1 Å². The van der Waals surface area contributed by atoms with Gasteiger partial charge in [0.2, 0.25) is 0 Å². The number of aryl methyl sites for hydroxylation is 1. The summed E-state index contributed by atoms with van der Waals surface area (Å²) in [5, 5.41) is 0. The number of imidazole rings is 1. The van der Waals surface area contributed by atoms with E-state index in [0.717, 1.165) is 22.2 Å². The molecule has 3 N–H and O–H groups in total. The second-order valence-corrected chi connectivity index (χ2v) is 3.59. The highest BCUT2D eigenvalue weighted by Crippen LogP contribution is 2.23. The fraction of sp³-hybridized carbons (Fsp3) is 0.182. The van der Waals surface area contributed by atoms with E-state index in [1.807, 2.05) is 19.1 Å². The standard InChI is InChI=1S/C11H13N3/c1-6(2)8-5-10-9(4-7(8)3)13-11(12)14-10/h4-5H,1H2,2-3H3,(H3,12,13,14). The van der Waals surface area contributed by atoms with Crippen molar-refractivity contribution in [1.29, 1.82) is 0 Å². The number of aromatic nitrogens is 2. The lowest BCUT2D eigenvalue weighted by molar-refractivity contribution is 1.35. The highest BCUT2D eigenvalue weighted by atomic mass is 15.0. The maximum Gasteiger partial charge on any atom is 0.198 e. The molecule has 0 amide bonds. The molecule has 3 heteroatoms. The molecule has 0 bridgehead atoms. The lowest BCUT2D eigenvalue weighted by Gasteiger charge is -2.03. The molecule has 0 aliphatic carbocycles.